The lowest BCUT2D eigenvalue weighted by molar-refractivity contribution is -0.144. The maximum Gasteiger partial charge on any atom is 0.331 e. The second-order valence-electron chi connectivity index (χ2n) is 9.21. The van der Waals surface area contributed by atoms with Crippen molar-refractivity contribution in [2.45, 2.75) is 37.9 Å². The van der Waals surface area contributed by atoms with Gasteiger partial charge in [-0.2, -0.15) is 0 Å². The van der Waals surface area contributed by atoms with Crippen LogP contribution in [0, 0.1) is 0 Å². The van der Waals surface area contributed by atoms with Crippen molar-refractivity contribution >= 4 is 18.0 Å². The van der Waals surface area contributed by atoms with Crippen molar-refractivity contribution in [3.05, 3.63) is 76.9 Å². The van der Waals surface area contributed by atoms with Crippen LogP contribution in [0.5, 0.6) is 34.5 Å². The van der Waals surface area contributed by atoms with E-state index in [9.17, 15) is 35.1 Å². The topological polar surface area (TPSA) is 163 Å². The first-order valence-electron chi connectivity index (χ1n) is 12.1. The number of phenols is 5. The molecule has 3 aromatic carbocycles. The number of esters is 2. The number of benzene rings is 3. The highest BCUT2D eigenvalue weighted by Crippen LogP contribution is 2.48. The van der Waals surface area contributed by atoms with Gasteiger partial charge in [-0.15, -0.1) is 0 Å². The molecule has 0 saturated carbocycles. The Morgan fingerprint density at radius 3 is 2.15 bits per heavy atom. The molecule has 0 aromatic heterocycles. The quantitative estimate of drug-likeness (QED) is 0.163. The highest BCUT2D eigenvalue weighted by molar-refractivity contribution is 5.90. The van der Waals surface area contributed by atoms with Crippen molar-refractivity contribution < 1.29 is 49.3 Å². The van der Waals surface area contributed by atoms with E-state index in [1.54, 1.807) is 19.1 Å². The molecule has 0 aliphatic carbocycles. The van der Waals surface area contributed by atoms with Gasteiger partial charge in [-0.3, -0.25) is 4.79 Å². The molecule has 0 spiro atoms. The molecule has 39 heavy (non-hydrogen) atoms. The first-order chi connectivity index (χ1) is 18.6. The fourth-order valence-electron chi connectivity index (χ4n) is 4.55. The molecule has 1 aliphatic rings. The van der Waals surface area contributed by atoms with E-state index in [4.69, 9.17) is 14.2 Å². The number of phenolic OH excluding ortho intramolecular Hbond substituents is 5. The standard InChI is InChI=1S/C29H28O10/c1-15(11-16-3-7-19(30)22(33)12-16)38-25(35)10-6-18-5-9-21(32)28-26(18)27(29(36)37-2)24(39-28)14-17-4-8-20(31)23(34)13-17/h3-10,12-13,15,24,27,30-34H,11,14H2,1-2H3/b10-6+/t15-,24-,27+/m0/s1. The molecule has 0 bridgehead atoms. The van der Waals surface area contributed by atoms with Gasteiger partial charge in [0.2, 0.25) is 0 Å². The third-order valence-corrected chi connectivity index (χ3v) is 6.37. The summed E-state index contributed by atoms with van der Waals surface area (Å²) >= 11 is 0. The fourth-order valence-corrected chi connectivity index (χ4v) is 4.55. The van der Waals surface area contributed by atoms with E-state index >= 15 is 0 Å². The Balaban J connectivity index is 1.54. The molecule has 0 saturated heterocycles. The third kappa shape index (κ3) is 6.01. The molecule has 4 rings (SSSR count). The second kappa shape index (κ2) is 11.3. The number of fused-ring (bicyclic) bond motifs is 1. The van der Waals surface area contributed by atoms with E-state index in [0.717, 1.165) is 0 Å². The van der Waals surface area contributed by atoms with Crippen LogP contribution < -0.4 is 4.74 Å². The summed E-state index contributed by atoms with van der Waals surface area (Å²) < 4.78 is 16.4. The van der Waals surface area contributed by atoms with Crippen molar-refractivity contribution in [2.24, 2.45) is 0 Å². The van der Waals surface area contributed by atoms with Gasteiger partial charge in [0.25, 0.3) is 0 Å². The zero-order valence-electron chi connectivity index (χ0n) is 21.2. The van der Waals surface area contributed by atoms with E-state index in [1.165, 1.54) is 55.7 Å². The van der Waals surface area contributed by atoms with Crippen molar-refractivity contribution in [2.75, 3.05) is 7.11 Å². The van der Waals surface area contributed by atoms with Gasteiger partial charge in [0.05, 0.1) is 7.11 Å². The number of methoxy groups -OCH3 is 1. The molecule has 3 atom stereocenters. The number of carbonyl (C=O) groups is 2. The van der Waals surface area contributed by atoms with Crippen LogP contribution in [0.2, 0.25) is 0 Å². The van der Waals surface area contributed by atoms with Gasteiger partial charge in [-0.1, -0.05) is 18.2 Å². The predicted molar refractivity (Wildman–Crippen MR) is 139 cm³/mol. The minimum atomic E-state index is -0.954. The minimum absolute atomic E-state index is 0.0782. The van der Waals surface area contributed by atoms with Crippen LogP contribution in [-0.4, -0.2) is 56.8 Å². The van der Waals surface area contributed by atoms with Gasteiger partial charge >= 0.3 is 11.9 Å². The summed E-state index contributed by atoms with van der Waals surface area (Å²) in [5, 5.41) is 49.0. The summed E-state index contributed by atoms with van der Waals surface area (Å²) in [6.07, 6.45) is 1.75. The predicted octanol–water partition coefficient (Wildman–Crippen LogP) is 3.66. The van der Waals surface area contributed by atoms with E-state index in [2.05, 4.69) is 0 Å². The number of carbonyl (C=O) groups excluding carboxylic acids is 2. The molecular weight excluding hydrogens is 508 g/mol. The normalized spacial score (nSPS) is 16.9. The number of hydrogen-bond acceptors (Lipinski definition) is 10. The van der Waals surface area contributed by atoms with Crippen LogP contribution >= 0.6 is 0 Å². The van der Waals surface area contributed by atoms with Gasteiger partial charge in [0.15, 0.2) is 34.5 Å². The SMILES string of the molecule is COC(=O)[C@H]1c2c(/C=C/C(=O)O[C@@H](C)Cc3ccc(O)c(O)c3)ccc(O)c2O[C@H]1Cc1ccc(O)c(O)c1. The van der Waals surface area contributed by atoms with Crippen molar-refractivity contribution in [3.63, 3.8) is 0 Å². The molecule has 0 amide bonds. The van der Waals surface area contributed by atoms with Gasteiger partial charge in [-0.25, -0.2) is 4.79 Å². The highest BCUT2D eigenvalue weighted by atomic mass is 16.5. The maximum atomic E-state index is 12.8. The Bertz CT molecular complexity index is 1430. The largest absolute Gasteiger partial charge is 0.504 e. The maximum absolute atomic E-state index is 12.8. The molecule has 3 aromatic rings. The summed E-state index contributed by atoms with van der Waals surface area (Å²) in [5.74, 6) is -3.46. The van der Waals surface area contributed by atoms with Gasteiger partial charge in [0, 0.05) is 24.5 Å². The van der Waals surface area contributed by atoms with Gasteiger partial charge < -0.3 is 39.7 Å². The minimum Gasteiger partial charge on any atom is -0.504 e. The monoisotopic (exact) mass is 536 g/mol. The molecule has 1 aliphatic heterocycles. The average molecular weight is 537 g/mol. The Labute approximate surface area is 223 Å². The fraction of sp³-hybridized carbons (Fsp3) is 0.241. The van der Waals surface area contributed by atoms with Crippen LogP contribution in [0.3, 0.4) is 0 Å². The molecule has 10 nitrogen and oxygen atoms in total. The molecule has 5 N–H and O–H groups in total. The molecule has 10 heteroatoms. The van der Waals surface area contributed by atoms with Crippen molar-refractivity contribution in [1.82, 2.24) is 0 Å². The smallest absolute Gasteiger partial charge is 0.331 e. The molecule has 204 valence electrons. The Morgan fingerprint density at radius 1 is 0.897 bits per heavy atom. The molecular formula is C29H28O10. The summed E-state index contributed by atoms with van der Waals surface area (Å²) in [7, 11) is 1.23. The molecule has 0 radical (unpaired) electrons. The Kier molecular flexibility index (Phi) is 7.85. The van der Waals surface area contributed by atoms with E-state index in [0.29, 0.717) is 28.7 Å². The van der Waals surface area contributed by atoms with E-state index in [1.807, 2.05) is 0 Å². The number of rotatable bonds is 8. The third-order valence-electron chi connectivity index (χ3n) is 6.37. The average Bonchev–Trinajstić information content (AvgIpc) is 3.27. The zero-order valence-corrected chi connectivity index (χ0v) is 21.2. The van der Waals surface area contributed by atoms with Crippen LogP contribution in [-0.2, 0) is 31.9 Å². The van der Waals surface area contributed by atoms with Gasteiger partial charge in [-0.05, 0) is 60.0 Å². The lowest BCUT2D eigenvalue weighted by Crippen LogP contribution is -2.28. The Hall–Kier alpha value is -4.86. The van der Waals surface area contributed by atoms with E-state index < -0.39 is 30.1 Å². The van der Waals surface area contributed by atoms with Crippen LogP contribution in [0.25, 0.3) is 6.08 Å². The summed E-state index contributed by atoms with van der Waals surface area (Å²) in [6, 6.07) is 11.5. The molecule has 0 unspecified atom stereocenters. The summed E-state index contributed by atoms with van der Waals surface area (Å²) in [5.41, 5.74) is 2.01. The first kappa shape index (κ1) is 27.2. The second-order valence-corrected chi connectivity index (χ2v) is 9.21. The Morgan fingerprint density at radius 2 is 1.51 bits per heavy atom. The van der Waals surface area contributed by atoms with Crippen LogP contribution in [0.15, 0.2) is 54.6 Å². The summed E-state index contributed by atoms with van der Waals surface area (Å²) in [6.45, 7) is 1.68. The number of ether oxygens (including phenoxy) is 3. The number of aromatic hydroxyl groups is 5. The highest BCUT2D eigenvalue weighted by Gasteiger charge is 2.43. The van der Waals surface area contributed by atoms with Crippen molar-refractivity contribution in [1.29, 1.82) is 0 Å². The summed E-state index contributed by atoms with van der Waals surface area (Å²) in [4.78, 5) is 25.4. The van der Waals surface area contributed by atoms with Gasteiger partial charge in [0.1, 0.15) is 18.1 Å². The van der Waals surface area contributed by atoms with Crippen molar-refractivity contribution in [3.8, 4) is 34.5 Å². The first-order valence-corrected chi connectivity index (χ1v) is 12.1. The number of hydrogen-bond donors (Lipinski definition) is 5. The lowest BCUT2D eigenvalue weighted by atomic mass is 9.88. The van der Waals surface area contributed by atoms with Crippen LogP contribution in [0.4, 0.5) is 0 Å². The van der Waals surface area contributed by atoms with Crippen LogP contribution in [0.1, 0.15) is 35.1 Å². The lowest BCUT2D eigenvalue weighted by Gasteiger charge is -2.18. The molecule has 1 heterocycles. The zero-order chi connectivity index (χ0) is 28.3. The van der Waals surface area contributed by atoms with E-state index in [-0.39, 0.29) is 40.9 Å². The molecule has 0 fully saturated rings.